The van der Waals surface area contributed by atoms with Crippen molar-refractivity contribution in [2.45, 2.75) is 6.42 Å². The first kappa shape index (κ1) is 18.5. The number of nitrogens with two attached hydrogens (primary N) is 1. The van der Waals surface area contributed by atoms with Gasteiger partial charge in [0.15, 0.2) is 11.0 Å². The lowest BCUT2D eigenvalue weighted by Crippen LogP contribution is -2.15. The molecule has 2 rings (SSSR count). The number of amidine groups is 1. The Morgan fingerprint density at radius 1 is 1.12 bits per heavy atom. The lowest BCUT2D eigenvalue weighted by molar-refractivity contribution is -0.142. The van der Waals surface area contributed by atoms with E-state index in [2.05, 4.69) is 15.0 Å². The zero-order chi connectivity index (χ0) is 18.1. The number of carbonyl (C=O) groups is 2. The molecule has 0 unspecified atom stereocenters. The molecule has 2 aromatic carbocycles. The summed E-state index contributed by atoms with van der Waals surface area (Å²) in [4.78, 5) is 27.5. The molecule has 25 heavy (non-hydrogen) atoms. The van der Waals surface area contributed by atoms with Gasteiger partial charge in [0.1, 0.15) is 6.42 Å². The van der Waals surface area contributed by atoms with E-state index < -0.39 is 5.97 Å². The molecular weight excluding hydrogens is 338 g/mol. The number of thioether (sulfide) groups is 1. The van der Waals surface area contributed by atoms with Gasteiger partial charge in [-0.2, -0.15) is 0 Å². The van der Waals surface area contributed by atoms with Gasteiger partial charge in [-0.05, 0) is 24.3 Å². The number of ketones is 1. The van der Waals surface area contributed by atoms with E-state index in [0.29, 0.717) is 16.5 Å². The number of para-hydroxylation sites is 3. The smallest absolute Gasteiger partial charge is 0.313 e. The molecule has 7 heteroatoms. The van der Waals surface area contributed by atoms with Crippen LogP contribution in [0.25, 0.3) is 0 Å². The summed E-state index contributed by atoms with van der Waals surface area (Å²) >= 11 is 1.21. The van der Waals surface area contributed by atoms with Gasteiger partial charge in [0, 0.05) is 5.69 Å². The predicted molar refractivity (Wildman–Crippen MR) is 102 cm³/mol. The summed E-state index contributed by atoms with van der Waals surface area (Å²) in [6.45, 7) is 0. The van der Waals surface area contributed by atoms with Gasteiger partial charge in [-0.15, -0.1) is 0 Å². The Balaban J connectivity index is 2.13. The fourth-order valence-electron chi connectivity index (χ4n) is 1.87. The highest BCUT2D eigenvalue weighted by molar-refractivity contribution is 8.14. The Morgan fingerprint density at radius 2 is 1.80 bits per heavy atom. The van der Waals surface area contributed by atoms with Crippen LogP contribution in [0.3, 0.4) is 0 Å². The second kappa shape index (κ2) is 9.48. The summed E-state index contributed by atoms with van der Waals surface area (Å²) in [5.74, 6) is -0.687. The number of carbonyl (C=O) groups excluding carboxylic acids is 2. The van der Waals surface area contributed by atoms with Crippen LogP contribution in [0.5, 0.6) is 0 Å². The molecule has 0 radical (unpaired) electrons. The fourth-order valence-corrected chi connectivity index (χ4v) is 2.63. The van der Waals surface area contributed by atoms with Gasteiger partial charge in [0.25, 0.3) is 0 Å². The summed E-state index contributed by atoms with van der Waals surface area (Å²) in [5.41, 5.74) is 7.91. The number of methoxy groups -OCH3 is 1. The summed E-state index contributed by atoms with van der Waals surface area (Å²) < 4.78 is 4.50. The van der Waals surface area contributed by atoms with Crippen LogP contribution in [0.4, 0.5) is 17.1 Å². The molecule has 0 spiro atoms. The van der Waals surface area contributed by atoms with E-state index >= 15 is 0 Å². The average Bonchev–Trinajstić information content (AvgIpc) is 2.62. The number of aliphatic imine (C=N–C) groups is 1. The molecule has 0 fully saturated rings. The topological polar surface area (TPSA) is 93.8 Å². The molecule has 0 amide bonds. The molecule has 130 valence electrons. The number of benzene rings is 2. The van der Waals surface area contributed by atoms with Crippen molar-refractivity contribution in [2.24, 2.45) is 4.99 Å². The maximum absolute atomic E-state index is 11.9. The van der Waals surface area contributed by atoms with Gasteiger partial charge < -0.3 is 15.8 Å². The van der Waals surface area contributed by atoms with Gasteiger partial charge in [-0.25, -0.2) is 4.99 Å². The number of rotatable bonds is 6. The van der Waals surface area contributed by atoms with Crippen LogP contribution in [0.1, 0.15) is 6.42 Å². The highest BCUT2D eigenvalue weighted by atomic mass is 32.2. The standard InChI is InChI=1S/C18H19N3O3S/c1-24-17(23)11-14(22)12-25-18(20-13-7-3-2-4-8-13)21-16-10-6-5-9-15(16)19/h2-10H,11-12,19H2,1H3,(H,20,21). The van der Waals surface area contributed by atoms with Crippen LogP contribution < -0.4 is 11.1 Å². The zero-order valence-electron chi connectivity index (χ0n) is 13.8. The van der Waals surface area contributed by atoms with Crippen molar-refractivity contribution in [3.63, 3.8) is 0 Å². The molecule has 2 aromatic rings. The van der Waals surface area contributed by atoms with Crippen LogP contribution in [0.15, 0.2) is 59.6 Å². The fraction of sp³-hybridized carbons (Fsp3) is 0.167. The van der Waals surface area contributed by atoms with E-state index in [1.54, 1.807) is 12.1 Å². The van der Waals surface area contributed by atoms with Crippen molar-refractivity contribution < 1.29 is 14.3 Å². The monoisotopic (exact) mass is 357 g/mol. The minimum absolute atomic E-state index is 0.0977. The maximum Gasteiger partial charge on any atom is 0.313 e. The minimum atomic E-state index is -0.549. The zero-order valence-corrected chi connectivity index (χ0v) is 14.6. The quantitative estimate of drug-likeness (QED) is 0.271. The molecule has 0 aromatic heterocycles. The van der Waals surface area contributed by atoms with Crippen LogP contribution in [-0.2, 0) is 14.3 Å². The predicted octanol–water partition coefficient (Wildman–Crippen LogP) is 3.23. The lowest BCUT2D eigenvalue weighted by Gasteiger charge is -2.10. The number of nitrogen functional groups attached to an aromatic ring is 1. The van der Waals surface area contributed by atoms with Crippen molar-refractivity contribution in [3.8, 4) is 0 Å². The van der Waals surface area contributed by atoms with Crippen molar-refractivity contribution in [3.05, 3.63) is 54.6 Å². The largest absolute Gasteiger partial charge is 0.469 e. The number of ether oxygens (including phenoxy) is 1. The minimum Gasteiger partial charge on any atom is -0.469 e. The molecule has 0 saturated carbocycles. The Bertz CT molecular complexity index is 763. The molecule has 6 nitrogen and oxygen atoms in total. The molecule has 0 atom stereocenters. The van der Waals surface area contributed by atoms with Crippen LogP contribution in [0, 0.1) is 0 Å². The van der Waals surface area contributed by atoms with Crippen LogP contribution in [0.2, 0.25) is 0 Å². The van der Waals surface area contributed by atoms with Crippen molar-refractivity contribution in [2.75, 3.05) is 23.9 Å². The molecule has 0 saturated heterocycles. The Labute approximate surface area is 150 Å². The number of Topliss-reactive ketones (excluding diaryl/α,β-unsaturated/α-hetero) is 1. The van der Waals surface area contributed by atoms with Gasteiger partial charge in [0.05, 0.1) is 24.2 Å². The first-order chi connectivity index (χ1) is 12.1. The number of esters is 1. The van der Waals surface area contributed by atoms with Gasteiger partial charge in [-0.1, -0.05) is 42.1 Å². The lowest BCUT2D eigenvalue weighted by atomic mass is 10.3. The first-order valence-corrected chi connectivity index (χ1v) is 8.53. The second-order valence-electron chi connectivity index (χ2n) is 5.05. The van der Waals surface area contributed by atoms with E-state index in [9.17, 15) is 9.59 Å². The SMILES string of the molecule is COC(=O)CC(=O)CSC(=Nc1ccccc1N)Nc1ccccc1. The van der Waals surface area contributed by atoms with E-state index in [4.69, 9.17) is 5.73 Å². The number of nitrogens with one attached hydrogen (secondary N) is 1. The Kier molecular flexibility index (Phi) is 7.03. The van der Waals surface area contributed by atoms with Gasteiger partial charge in [-0.3, -0.25) is 9.59 Å². The van der Waals surface area contributed by atoms with Crippen molar-refractivity contribution >= 4 is 45.7 Å². The van der Waals surface area contributed by atoms with E-state index in [1.807, 2.05) is 42.5 Å². The number of hydrogen-bond donors (Lipinski definition) is 2. The average molecular weight is 357 g/mol. The summed E-state index contributed by atoms with van der Waals surface area (Å²) in [6.07, 6.45) is -0.254. The summed E-state index contributed by atoms with van der Waals surface area (Å²) in [5, 5.41) is 3.68. The Morgan fingerprint density at radius 3 is 2.48 bits per heavy atom. The van der Waals surface area contributed by atoms with Gasteiger partial charge >= 0.3 is 5.97 Å². The third kappa shape index (κ3) is 6.31. The molecular formula is C18H19N3O3S. The molecule has 0 bridgehead atoms. The number of nitrogens with zero attached hydrogens (tertiary/aromatic N) is 1. The van der Waals surface area contributed by atoms with Crippen molar-refractivity contribution in [1.29, 1.82) is 0 Å². The van der Waals surface area contributed by atoms with E-state index in [-0.39, 0.29) is 18.0 Å². The molecule has 3 N–H and O–H groups in total. The van der Waals surface area contributed by atoms with E-state index in [0.717, 1.165) is 5.69 Å². The molecule has 0 aliphatic rings. The number of anilines is 2. The summed E-state index contributed by atoms with van der Waals surface area (Å²) in [7, 11) is 1.25. The highest BCUT2D eigenvalue weighted by Gasteiger charge is 2.12. The normalized spacial score (nSPS) is 11.0. The third-order valence-corrected chi connectivity index (χ3v) is 4.06. The Hall–Kier alpha value is -2.80. The third-order valence-electron chi connectivity index (χ3n) is 3.12. The second-order valence-corrected chi connectivity index (χ2v) is 6.01. The van der Waals surface area contributed by atoms with E-state index in [1.165, 1.54) is 18.9 Å². The van der Waals surface area contributed by atoms with Gasteiger partial charge in [0.2, 0.25) is 0 Å². The highest BCUT2D eigenvalue weighted by Crippen LogP contribution is 2.23. The van der Waals surface area contributed by atoms with Crippen LogP contribution in [-0.4, -0.2) is 29.8 Å². The molecule has 0 aliphatic heterocycles. The summed E-state index contributed by atoms with van der Waals surface area (Å²) in [6, 6.07) is 16.7. The molecule has 0 heterocycles. The van der Waals surface area contributed by atoms with Crippen LogP contribution >= 0.6 is 11.8 Å². The maximum atomic E-state index is 11.9. The van der Waals surface area contributed by atoms with Crippen molar-refractivity contribution in [1.82, 2.24) is 0 Å². The molecule has 0 aliphatic carbocycles. The first-order valence-electron chi connectivity index (χ1n) is 7.55. The number of hydrogen-bond acceptors (Lipinski definition) is 6.